The number of nitrogens with two attached hydrogens (primary N) is 1. The van der Waals surface area contributed by atoms with Crippen LogP contribution in [0.5, 0.6) is 0 Å². The Bertz CT molecular complexity index is 726. The quantitative estimate of drug-likeness (QED) is 0.848. The van der Waals surface area contributed by atoms with Gasteiger partial charge in [0.2, 0.25) is 0 Å². The van der Waals surface area contributed by atoms with Crippen LogP contribution in [0.2, 0.25) is 5.02 Å². The van der Waals surface area contributed by atoms with Gasteiger partial charge in [-0.3, -0.25) is 0 Å². The molecule has 1 aliphatic heterocycles. The average molecular weight is 363 g/mol. The second-order valence-electron chi connectivity index (χ2n) is 4.87. The third-order valence-corrected chi connectivity index (χ3v) is 4.36. The Morgan fingerprint density at radius 3 is 2.62 bits per heavy atom. The Labute approximate surface area is 136 Å². The molecule has 1 aliphatic rings. The van der Waals surface area contributed by atoms with Crippen molar-refractivity contribution in [1.82, 2.24) is 0 Å². The fourth-order valence-electron chi connectivity index (χ4n) is 2.43. The highest BCUT2D eigenvalue weighted by Gasteiger charge is 2.26. The van der Waals surface area contributed by atoms with E-state index in [0.29, 0.717) is 17.3 Å². The van der Waals surface area contributed by atoms with Gasteiger partial charge in [0.05, 0.1) is 5.71 Å². The van der Waals surface area contributed by atoms with Crippen LogP contribution in [0.15, 0.2) is 63.2 Å². The number of amidine groups is 1. The first-order chi connectivity index (χ1) is 10.1. The summed E-state index contributed by atoms with van der Waals surface area (Å²) in [6.07, 6.45) is 0.655. The fraction of sp³-hybridized carbons (Fsp3) is 0.125. The van der Waals surface area contributed by atoms with E-state index in [2.05, 4.69) is 38.3 Å². The van der Waals surface area contributed by atoms with Crippen LogP contribution in [-0.2, 0) is 0 Å². The van der Waals surface area contributed by atoms with Crippen molar-refractivity contribution in [3.63, 3.8) is 0 Å². The first kappa shape index (κ1) is 14.3. The Kier molecular flexibility index (Phi) is 4.08. The highest BCUT2D eigenvalue weighted by Crippen LogP contribution is 2.32. The Morgan fingerprint density at radius 1 is 1.10 bits per heavy atom. The first-order valence-corrected chi connectivity index (χ1v) is 7.72. The van der Waals surface area contributed by atoms with E-state index in [-0.39, 0.29) is 5.92 Å². The molecule has 1 atom stereocenters. The van der Waals surface area contributed by atoms with Crippen LogP contribution in [0.4, 0.5) is 0 Å². The van der Waals surface area contributed by atoms with Crippen LogP contribution < -0.4 is 5.73 Å². The summed E-state index contributed by atoms with van der Waals surface area (Å²) in [5.74, 6) is 0.629. The van der Waals surface area contributed by atoms with Crippen molar-refractivity contribution < 1.29 is 0 Å². The van der Waals surface area contributed by atoms with E-state index in [9.17, 15) is 0 Å². The number of nitrogens with zero attached hydrogens (tertiary/aromatic N) is 2. The van der Waals surface area contributed by atoms with Gasteiger partial charge in [0.15, 0.2) is 0 Å². The number of rotatable bonds is 2. The van der Waals surface area contributed by atoms with Gasteiger partial charge in [0, 0.05) is 27.4 Å². The molecule has 0 aromatic heterocycles. The van der Waals surface area contributed by atoms with Crippen molar-refractivity contribution in [2.45, 2.75) is 12.3 Å². The van der Waals surface area contributed by atoms with Gasteiger partial charge >= 0.3 is 0 Å². The van der Waals surface area contributed by atoms with Gasteiger partial charge in [0.25, 0.3) is 0 Å². The minimum atomic E-state index is 0.0819. The molecular weight excluding hydrogens is 350 g/mol. The summed E-state index contributed by atoms with van der Waals surface area (Å²) < 4.78 is 0.947. The fourth-order valence-corrected chi connectivity index (χ4v) is 3.05. The summed E-state index contributed by atoms with van der Waals surface area (Å²) in [5.41, 5.74) is 8.87. The summed E-state index contributed by atoms with van der Waals surface area (Å²) in [7, 11) is 0. The van der Waals surface area contributed by atoms with Crippen molar-refractivity contribution >= 4 is 39.1 Å². The Balaban J connectivity index is 2.11. The molecule has 0 fully saturated rings. The predicted molar refractivity (Wildman–Crippen MR) is 91.1 cm³/mol. The molecular formula is C16H13BrClN3. The Hall–Kier alpha value is -1.65. The summed E-state index contributed by atoms with van der Waals surface area (Å²) >= 11 is 9.68. The van der Waals surface area contributed by atoms with E-state index in [1.54, 1.807) is 0 Å². The van der Waals surface area contributed by atoms with Gasteiger partial charge in [-0.05, 0) is 23.8 Å². The van der Waals surface area contributed by atoms with Gasteiger partial charge in [-0.1, -0.05) is 57.9 Å². The third kappa shape index (κ3) is 3.01. The maximum Gasteiger partial charge on any atom is 0.123 e. The van der Waals surface area contributed by atoms with Gasteiger partial charge in [-0.25, -0.2) is 0 Å². The first-order valence-electron chi connectivity index (χ1n) is 6.55. The molecule has 0 aliphatic carbocycles. The number of hydrogen-bond acceptors (Lipinski definition) is 3. The van der Waals surface area contributed by atoms with E-state index in [1.165, 1.54) is 5.56 Å². The monoisotopic (exact) mass is 361 g/mol. The second-order valence-corrected chi connectivity index (χ2v) is 6.16. The molecule has 5 heteroatoms. The summed E-state index contributed by atoms with van der Waals surface area (Å²) in [5, 5.41) is 9.06. The van der Waals surface area contributed by atoms with Crippen molar-refractivity contribution in [1.29, 1.82) is 0 Å². The standard InChI is InChI=1S/C16H13BrClN3/c17-14-7-6-11(18)8-13(14)16-12(9-15(19)20-21-16)10-4-2-1-3-5-10/h1-8,12H,9H2,(H2,19,20). The smallest absolute Gasteiger partial charge is 0.123 e. The van der Waals surface area contributed by atoms with Crippen LogP contribution >= 0.6 is 27.5 Å². The summed E-state index contributed by atoms with van der Waals surface area (Å²) in [6.45, 7) is 0. The molecule has 0 spiro atoms. The Morgan fingerprint density at radius 2 is 1.86 bits per heavy atom. The summed E-state index contributed by atoms with van der Waals surface area (Å²) in [4.78, 5) is 0. The zero-order valence-corrected chi connectivity index (χ0v) is 13.5. The van der Waals surface area contributed by atoms with E-state index in [1.807, 2.05) is 36.4 Å². The number of hydrogen-bond donors (Lipinski definition) is 1. The molecule has 0 bridgehead atoms. The minimum Gasteiger partial charge on any atom is -0.386 e. The van der Waals surface area contributed by atoms with Crippen molar-refractivity contribution in [3.05, 3.63) is 69.2 Å². The molecule has 3 rings (SSSR count). The van der Waals surface area contributed by atoms with Crippen LogP contribution in [-0.4, -0.2) is 11.5 Å². The maximum absolute atomic E-state index is 6.12. The molecule has 0 amide bonds. The van der Waals surface area contributed by atoms with Gasteiger partial charge in [0.1, 0.15) is 5.84 Å². The lowest BCUT2D eigenvalue weighted by Crippen LogP contribution is -2.26. The van der Waals surface area contributed by atoms with Gasteiger partial charge < -0.3 is 5.73 Å². The topological polar surface area (TPSA) is 50.7 Å². The number of halogens is 2. The molecule has 3 nitrogen and oxygen atoms in total. The molecule has 106 valence electrons. The predicted octanol–water partition coefficient (Wildman–Crippen LogP) is 4.35. The summed E-state index contributed by atoms with van der Waals surface area (Å²) in [6, 6.07) is 15.9. The maximum atomic E-state index is 6.12. The molecule has 21 heavy (non-hydrogen) atoms. The minimum absolute atomic E-state index is 0.0819. The van der Waals surface area contributed by atoms with Crippen molar-refractivity contribution in [2.75, 3.05) is 0 Å². The molecule has 2 N–H and O–H groups in total. The zero-order valence-electron chi connectivity index (χ0n) is 11.1. The van der Waals surface area contributed by atoms with E-state index >= 15 is 0 Å². The van der Waals surface area contributed by atoms with Crippen LogP contribution in [0, 0.1) is 0 Å². The lowest BCUT2D eigenvalue weighted by atomic mass is 9.86. The van der Waals surface area contributed by atoms with E-state index < -0.39 is 0 Å². The van der Waals surface area contributed by atoms with Crippen molar-refractivity contribution in [2.24, 2.45) is 15.9 Å². The molecule has 0 saturated heterocycles. The van der Waals surface area contributed by atoms with Crippen LogP contribution in [0.3, 0.4) is 0 Å². The molecule has 0 saturated carbocycles. The SMILES string of the molecule is NC1=NN=C(c2cc(Cl)ccc2Br)C(c2ccccc2)C1. The highest BCUT2D eigenvalue weighted by atomic mass is 79.9. The average Bonchev–Trinajstić information content (AvgIpc) is 2.51. The molecule has 2 aromatic rings. The zero-order chi connectivity index (χ0) is 14.8. The van der Waals surface area contributed by atoms with Crippen molar-refractivity contribution in [3.8, 4) is 0 Å². The van der Waals surface area contributed by atoms with Crippen LogP contribution in [0.1, 0.15) is 23.5 Å². The second kappa shape index (κ2) is 6.00. The third-order valence-electron chi connectivity index (χ3n) is 3.44. The molecule has 2 aromatic carbocycles. The molecule has 1 heterocycles. The van der Waals surface area contributed by atoms with E-state index in [4.69, 9.17) is 17.3 Å². The lowest BCUT2D eigenvalue weighted by Gasteiger charge is -2.22. The number of benzene rings is 2. The molecule has 0 radical (unpaired) electrons. The highest BCUT2D eigenvalue weighted by molar-refractivity contribution is 9.10. The van der Waals surface area contributed by atoms with Gasteiger partial charge in [-0.2, -0.15) is 5.10 Å². The largest absolute Gasteiger partial charge is 0.386 e. The van der Waals surface area contributed by atoms with E-state index in [0.717, 1.165) is 15.7 Å². The molecule has 1 unspecified atom stereocenters. The normalized spacial score (nSPS) is 18.1. The van der Waals surface area contributed by atoms with Crippen LogP contribution in [0.25, 0.3) is 0 Å². The van der Waals surface area contributed by atoms with Gasteiger partial charge in [-0.15, -0.1) is 5.10 Å². The lowest BCUT2D eigenvalue weighted by molar-refractivity contribution is 0.886.